The highest BCUT2D eigenvalue weighted by molar-refractivity contribution is 5.90. The number of nitrogens with zero attached hydrogens (tertiary/aromatic N) is 1. The SMILES string of the molecule is Cc1noc(C)c1NC(=O)NCC1CCCO1. The molecule has 0 bridgehead atoms. The largest absolute Gasteiger partial charge is 0.376 e. The normalized spacial score (nSPS) is 19.3. The van der Waals surface area contributed by atoms with E-state index in [2.05, 4.69) is 15.8 Å². The summed E-state index contributed by atoms with van der Waals surface area (Å²) in [6, 6.07) is -0.255. The number of urea groups is 1. The molecule has 1 aliphatic rings. The van der Waals surface area contributed by atoms with Crippen LogP contribution in [0.15, 0.2) is 4.52 Å². The van der Waals surface area contributed by atoms with Gasteiger partial charge in [-0.3, -0.25) is 0 Å². The molecule has 17 heavy (non-hydrogen) atoms. The van der Waals surface area contributed by atoms with Gasteiger partial charge in [-0.15, -0.1) is 0 Å². The second-order valence-corrected chi connectivity index (χ2v) is 4.17. The van der Waals surface area contributed by atoms with Crippen LogP contribution in [0.1, 0.15) is 24.3 Å². The van der Waals surface area contributed by atoms with Crippen molar-refractivity contribution in [3.63, 3.8) is 0 Å². The second kappa shape index (κ2) is 5.18. The first-order valence-electron chi connectivity index (χ1n) is 5.76. The summed E-state index contributed by atoms with van der Waals surface area (Å²) in [5.41, 5.74) is 1.31. The van der Waals surface area contributed by atoms with Crippen molar-refractivity contribution in [2.75, 3.05) is 18.5 Å². The van der Waals surface area contributed by atoms with Crippen LogP contribution in [-0.2, 0) is 4.74 Å². The fourth-order valence-electron chi connectivity index (χ4n) is 1.83. The summed E-state index contributed by atoms with van der Waals surface area (Å²) < 4.78 is 10.4. The van der Waals surface area contributed by atoms with Gasteiger partial charge in [0.2, 0.25) is 0 Å². The Morgan fingerprint density at radius 1 is 1.53 bits per heavy atom. The lowest BCUT2D eigenvalue weighted by molar-refractivity contribution is 0.112. The molecule has 1 aromatic heterocycles. The summed E-state index contributed by atoms with van der Waals surface area (Å²) in [6.07, 6.45) is 2.22. The van der Waals surface area contributed by atoms with Gasteiger partial charge in [0, 0.05) is 13.2 Å². The van der Waals surface area contributed by atoms with Gasteiger partial charge in [0.25, 0.3) is 0 Å². The molecule has 1 unspecified atom stereocenters. The van der Waals surface area contributed by atoms with Gasteiger partial charge in [0.15, 0.2) is 5.76 Å². The lowest BCUT2D eigenvalue weighted by Gasteiger charge is -2.11. The van der Waals surface area contributed by atoms with Crippen molar-refractivity contribution in [3.05, 3.63) is 11.5 Å². The average molecular weight is 239 g/mol. The van der Waals surface area contributed by atoms with E-state index in [1.165, 1.54) is 0 Å². The zero-order chi connectivity index (χ0) is 12.3. The molecule has 2 N–H and O–H groups in total. The molecule has 1 aliphatic heterocycles. The Kier molecular flexibility index (Phi) is 3.63. The third kappa shape index (κ3) is 2.97. The van der Waals surface area contributed by atoms with Crippen molar-refractivity contribution in [1.82, 2.24) is 10.5 Å². The first kappa shape index (κ1) is 11.9. The Hall–Kier alpha value is -1.56. The molecule has 94 valence electrons. The van der Waals surface area contributed by atoms with Gasteiger partial charge in [0.05, 0.1) is 6.10 Å². The van der Waals surface area contributed by atoms with Crippen LogP contribution in [0.4, 0.5) is 10.5 Å². The van der Waals surface area contributed by atoms with Gasteiger partial charge >= 0.3 is 6.03 Å². The zero-order valence-electron chi connectivity index (χ0n) is 10.1. The van der Waals surface area contributed by atoms with Gasteiger partial charge in [-0.1, -0.05) is 5.16 Å². The number of hydrogen-bond acceptors (Lipinski definition) is 4. The molecule has 0 aliphatic carbocycles. The van der Waals surface area contributed by atoms with Crippen LogP contribution in [0.3, 0.4) is 0 Å². The third-order valence-electron chi connectivity index (χ3n) is 2.79. The maximum absolute atomic E-state index is 11.6. The quantitative estimate of drug-likeness (QED) is 0.839. The summed E-state index contributed by atoms with van der Waals surface area (Å²) in [6.45, 7) is 4.87. The third-order valence-corrected chi connectivity index (χ3v) is 2.79. The van der Waals surface area contributed by atoms with Crippen molar-refractivity contribution in [3.8, 4) is 0 Å². The number of carbonyl (C=O) groups is 1. The summed E-state index contributed by atoms with van der Waals surface area (Å²) in [5.74, 6) is 0.606. The molecular weight excluding hydrogens is 222 g/mol. The van der Waals surface area contributed by atoms with E-state index >= 15 is 0 Å². The number of aryl methyl sites for hydroxylation is 2. The number of rotatable bonds is 3. The fraction of sp³-hybridized carbons (Fsp3) is 0.636. The molecular formula is C11H17N3O3. The van der Waals surface area contributed by atoms with Crippen LogP contribution in [0.2, 0.25) is 0 Å². The van der Waals surface area contributed by atoms with Crippen molar-refractivity contribution >= 4 is 11.7 Å². The smallest absolute Gasteiger partial charge is 0.319 e. The molecule has 2 rings (SSSR count). The summed E-state index contributed by atoms with van der Waals surface area (Å²) in [4.78, 5) is 11.6. The van der Waals surface area contributed by atoms with Crippen molar-refractivity contribution in [1.29, 1.82) is 0 Å². The first-order chi connectivity index (χ1) is 8.16. The minimum atomic E-state index is -0.255. The van der Waals surface area contributed by atoms with Crippen molar-refractivity contribution < 1.29 is 14.1 Å². The summed E-state index contributed by atoms with van der Waals surface area (Å²) >= 11 is 0. The minimum Gasteiger partial charge on any atom is -0.376 e. The standard InChI is InChI=1S/C11H17N3O3/c1-7-10(8(2)17-14-7)13-11(15)12-6-9-4-3-5-16-9/h9H,3-6H2,1-2H3,(H2,12,13,15). The maximum Gasteiger partial charge on any atom is 0.319 e. The molecule has 1 fully saturated rings. The zero-order valence-corrected chi connectivity index (χ0v) is 10.1. The van der Waals surface area contributed by atoms with Crippen LogP contribution in [0.5, 0.6) is 0 Å². The molecule has 2 heterocycles. The van der Waals surface area contributed by atoms with Gasteiger partial charge in [0.1, 0.15) is 11.4 Å². The van der Waals surface area contributed by atoms with Gasteiger partial charge in [-0.05, 0) is 26.7 Å². The Bertz CT molecular complexity index is 377. The molecule has 6 heteroatoms. The number of amides is 2. The van der Waals surface area contributed by atoms with Crippen LogP contribution in [0.25, 0.3) is 0 Å². The lowest BCUT2D eigenvalue weighted by Crippen LogP contribution is -2.35. The number of anilines is 1. The summed E-state index contributed by atoms with van der Waals surface area (Å²) in [5, 5.41) is 9.26. The Morgan fingerprint density at radius 2 is 2.35 bits per heavy atom. The van der Waals surface area contributed by atoms with Gasteiger partial charge in [-0.25, -0.2) is 4.79 Å². The summed E-state index contributed by atoms with van der Waals surface area (Å²) in [7, 11) is 0. The number of hydrogen-bond donors (Lipinski definition) is 2. The van der Waals surface area contributed by atoms with E-state index in [-0.39, 0.29) is 12.1 Å². The van der Waals surface area contributed by atoms with Crippen LogP contribution in [-0.4, -0.2) is 30.4 Å². The van der Waals surface area contributed by atoms with E-state index in [1.807, 2.05) is 0 Å². The van der Waals surface area contributed by atoms with Crippen molar-refractivity contribution in [2.24, 2.45) is 0 Å². The average Bonchev–Trinajstić information content (AvgIpc) is 2.91. The molecule has 0 saturated carbocycles. The fourth-order valence-corrected chi connectivity index (χ4v) is 1.83. The Morgan fingerprint density at radius 3 is 2.94 bits per heavy atom. The van der Waals surface area contributed by atoms with E-state index in [9.17, 15) is 4.79 Å². The highest BCUT2D eigenvalue weighted by atomic mass is 16.5. The monoisotopic (exact) mass is 239 g/mol. The molecule has 2 amide bonds. The molecule has 1 atom stereocenters. The van der Waals surface area contributed by atoms with E-state index in [4.69, 9.17) is 9.26 Å². The number of aromatic nitrogens is 1. The topological polar surface area (TPSA) is 76.4 Å². The van der Waals surface area contributed by atoms with Crippen molar-refractivity contribution in [2.45, 2.75) is 32.8 Å². The predicted molar refractivity (Wildman–Crippen MR) is 62.0 cm³/mol. The maximum atomic E-state index is 11.6. The highest BCUT2D eigenvalue weighted by Gasteiger charge is 2.17. The van der Waals surface area contributed by atoms with Crippen LogP contribution >= 0.6 is 0 Å². The second-order valence-electron chi connectivity index (χ2n) is 4.17. The molecule has 0 spiro atoms. The molecule has 1 aromatic rings. The molecule has 0 radical (unpaired) electrons. The number of nitrogens with one attached hydrogen (secondary N) is 2. The van der Waals surface area contributed by atoms with E-state index in [1.54, 1.807) is 13.8 Å². The number of carbonyl (C=O) groups excluding carboxylic acids is 1. The van der Waals surface area contributed by atoms with E-state index in [0.29, 0.717) is 23.7 Å². The van der Waals surface area contributed by atoms with E-state index in [0.717, 1.165) is 19.4 Å². The van der Waals surface area contributed by atoms with E-state index < -0.39 is 0 Å². The van der Waals surface area contributed by atoms with Crippen LogP contribution < -0.4 is 10.6 Å². The Labute approximate surface area is 99.7 Å². The molecule has 6 nitrogen and oxygen atoms in total. The predicted octanol–water partition coefficient (Wildman–Crippen LogP) is 1.59. The molecule has 0 aromatic carbocycles. The van der Waals surface area contributed by atoms with Gasteiger partial charge < -0.3 is 19.9 Å². The van der Waals surface area contributed by atoms with Crippen LogP contribution in [0, 0.1) is 13.8 Å². The minimum absolute atomic E-state index is 0.144. The lowest BCUT2D eigenvalue weighted by atomic mass is 10.2. The number of ether oxygens (including phenoxy) is 1. The highest BCUT2D eigenvalue weighted by Crippen LogP contribution is 2.18. The molecule has 1 saturated heterocycles. The van der Waals surface area contributed by atoms with Gasteiger partial charge in [-0.2, -0.15) is 0 Å². The Balaban J connectivity index is 1.80. The first-order valence-corrected chi connectivity index (χ1v) is 5.76.